The Balaban J connectivity index is 2.23. The topological polar surface area (TPSA) is 86.8 Å². The standard InChI is InChI=1S/C23H37N3O4S/c1-7-26(8-2)31(29,30)20-11-9-10-19(13-20)22(27)24-21(16(3)4)23(28)25-14-17(5)12-18(6)15-25/h9-11,13,16-18,21H,7-8,12,14-15H2,1-6H3,(H,24,27). The number of carbonyl (C=O) groups excluding carboxylic acids is 2. The molecule has 1 heterocycles. The Morgan fingerprint density at radius 2 is 1.71 bits per heavy atom. The summed E-state index contributed by atoms with van der Waals surface area (Å²) < 4.78 is 27.0. The third-order valence-corrected chi connectivity index (χ3v) is 7.89. The molecule has 174 valence electrons. The van der Waals surface area contributed by atoms with Gasteiger partial charge in [-0.05, 0) is 42.4 Å². The van der Waals surface area contributed by atoms with E-state index in [0.717, 1.165) is 6.42 Å². The molecule has 1 aromatic rings. The van der Waals surface area contributed by atoms with Crippen molar-refractivity contribution in [1.29, 1.82) is 0 Å². The highest BCUT2D eigenvalue weighted by Crippen LogP contribution is 2.23. The van der Waals surface area contributed by atoms with Crippen LogP contribution in [-0.2, 0) is 14.8 Å². The van der Waals surface area contributed by atoms with Gasteiger partial charge in [-0.1, -0.05) is 47.6 Å². The van der Waals surface area contributed by atoms with Crippen LogP contribution in [0.1, 0.15) is 58.3 Å². The molecule has 8 heteroatoms. The Kier molecular flexibility index (Phi) is 8.65. The van der Waals surface area contributed by atoms with E-state index in [1.165, 1.54) is 16.4 Å². The van der Waals surface area contributed by atoms with Crippen molar-refractivity contribution in [3.8, 4) is 0 Å². The molecule has 1 aliphatic heterocycles. The molecule has 0 aliphatic carbocycles. The maximum atomic E-state index is 13.2. The lowest BCUT2D eigenvalue weighted by Crippen LogP contribution is -2.54. The molecule has 1 saturated heterocycles. The smallest absolute Gasteiger partial charge is 0.251 e. The van der Waals surface area contributed by atoms with Crippen LogP contribution in [-0.4, -0.2) is 61.7 Å². The molecule has 3 atom stereocenters. The molecule has 0 radical (unpaired) electrons. The molecule has 1 fully saturated rings. The first-order valence-corrected chi connectivity index (χ1v) is 12.6. The van der Waals surface area contributed by atoms with Crippen LogP contribution in [0.5, 0.6) is 0 Å². The molecule has 0 bridgehead atoms. The van der Waals surface area contributed by atoms with Gasteiger partial charge in [-0.2, -0.15) is 4.31 Å². The Morgan fingerprint density at radius 3 is 2.23 bits per heavy atom. The highest BCUT2D eigenvalue weighted by atomic mass is 32.2. The average Bonchev–Trinajstić information content (AvgIpc) is 2.71. The van der Waals surface area contributed by atoms with Crippen molar-refractivity contribution in [2.45, 2.75) is 58.9 Å². The molecular weight excluding hydrogens is 414 g/mol. The minimum atomic E-state index is -3.67. The van der Waals surface area contributed by atoms with E-state index < -0.39 is 22.0 Å². The monoisotopic (exact) mass is 451 g/mol. The summed E-state index contributed by atoms with van der Waals surface area (Å²) in [5, 5.41) is 2.86. The van der Waals surface area contributed by atoms with E-state index in [9.17, 15) is 18.0 Å². The predicted molar refractivity (Wildman–Crippen MR) is 122 cm³/mol. The van der Waals surface area contributed by atoms with E-state index in [2.05, 4.69) is 19.2 Å². The molecule has 7 nitrogen and oxygen atoms in total. The van der Waals surface area contributed by atoms with Crippen molar-refractivity contribution >= 4 is 21.8 Å². The highest BCUT2D eigenvalue weighted by molar-refractivity contribution is 7.89. The summed E-state index contributed by atoms with van der Waals surface area (Å²) >= 11 is 0. The molecule has 1 aromatic carbocycles. The molecule has 0 aromatic heterocycles. The van der Waals surface area contributed by atoms with E-state index in [0.29, 0.717) is 38.0 Å². The van der Waals surface area contributed by atoms with Gasteiger partial charge < -0.3 is 10.2 Å². The number of hydrogen-bond donors (Lipinski definition) is 1. The van der Waals surface area contributed by atoms with Crippen LogP contribution >= 0.6 is 0 Å². The second-order valence-corrected chi connectivity index (χ2v) is 10.9. The van der Waals surface area contributed by atoms with Crippen LogP contribution < -0.4 is 5.32 Å². The zero-order valence-electron chi connectivity index (χ0n) is 19.6. The SMILES string of the molecule is CCN(CC)S(=O)(=O)c1cccc(C(=O)NC(C(=O)N2CC(C)CC(C)C2)C(C)C)c1. The molecule has 1 aliphatic rings. The maximum Gasteiger partial charge on any atom is 0.251 e. The number of amides is 2. The van der Waals surface area contributed by atoms with Gasteiger partial charge in [-0.15, -0.1) is 0 Å². The van der Waals surface area contributed by atoms with Gasteiger partial charge in [-0.3, -0.25) is 9.59 Å². The number of carbonyl (C=O) groups is 2. The molecule has 3 unspecified atom stereocenters. The van der Waals surface area contributed by atoms with Crippen LogP contribution in [0.2, 0.25) is 0 Å². The van der Waals surface area contributed by atoms with Crippen LogP contribution in [0.15, 0.2) is 29.2 Å². The van der Waals surface area contributed by atoms with Crippen molar-refractivity contribution in [3.05, 3.63) is 29.8 Å². The Labute approximate surface area is 187 Å². The lowest BCUT2D eigenvalue weighted by atomic mass is 9.90. The van der Waals surface area contributed by atoms with Crippen LogP contribution in [0.3, 0.4) is 0 Å². The summed E-state index contributed by atoms with van der Waals surface area (Å²) in [6, 6.07) is 5.35. The van der Waals surface area contributed by atoms with Gasteiger partial charge >= 0.3 is 0 Å². The fraction of sp³-hybridized carbons (Fsp3) is 0.652. The summed E-state index contributed by atoms with van der Waals surface area (Å²) in [6.07, 6.45) is 1.09. The number of nitrogens with zero attached hydrogens (tertiary/aromatic N) is 2. The fourth-order valence-electron chi connectivity index (χ4n) is 4.29. The van der Waals surface area contributed by atoms with Crippen molar-refractivity contribution in [2.75, 3.05) is 26.2 Å². The molecule has 31 heavy (non-hydrogen) atoms. The predicted octanol–water partition coefficient (Wildman–Crippen LogP) is 2.98. The van der Waals surface area contributed by atoms with Crippen molar-refractivity contribution in [3.63, 3.8) is 0 Å². The first kappa shape index (κ1) is 25.3. The van der Waals surface area contributed by atoms with Crippen molar-refractivity contribution < 1.29 is 18.0 Å². The second kappa shape index (κ2) is 10.6. The fourth-order valence-corrected chi connectivity index (χ4v) is 5.79. The maximum absolute atomic E-state index is 13.2. The van der Waals surface area contributed by atoms with Gasteiger partial charge in [0.15, 0.2) is 0 Å². The molecule has 2 rings (SSSR count). The third kappa shape index (κ3) is 6.07. The third-order valence-electron chi connectivity index (χ3n) is 5.84. The first-order chi connectivity index (χ1) is 14.5. The molecule has 0 spiro atoms. The number of nitrogens with one attached hydrogen (secondary N) is 1. The number of piperidine rings is 1. The minimum Gasteiger partial charge on any atom is -0.340 e. The number of sulfonamides is 1. The van der Waals surface area contributed by atoms with Gasteiger partial charge in [-0.25, -0.2) is 8.42 Å². The summed E-state index contributed by atoms with van der Waals surface area (Å²) in [5.74, 6) is 0.248. The van der Waals surface area contributed by atoms with Gasteiger partial charge in [0.25, 0.3) is 5.91 Å². The van der Waals surface area contributed by atoms with Gasteiger partial charge in [0.2, 0.25) is 15.9 Å². The van der Waals surface area contributed by atoms with Crippen LogP contribution in [0.4, 0.5) is 0 Å². The molecule has 0 saturated carbocycles. The average molecular weight is 452 g/mol. The lowest BCUT2D eigenvalue weighted by molar-refractivity contribution is -0.137. The summed E-state index contributed by atoms with van der Waals surface area (Å²) in [6.45, 7) is 13.7. The van der Waals surface area contributed by atoms with E-state index in [4.69, 9.17) is 0 Å². The molecule has 2 amide bonds. The highest BCUT2D eigenvalue weighted by Gasteiger charge is 2.33. The zero-order valence-corrected chi connectivity index (χ0v) is 20.4. The first-order valence-electron chi connectivity index (χ1n) is 11.2. The normalized spacial score (nSPS) is 20.7. The second-order valence-electron chi connectivity index (χ2n) is 9.00. The van der Waals surface area contributed by atoms with Crippen LogP contribution in [0.25, 0.3) is 0 Å². The van der Waals surface area contributed by atoms with Gasteiger partial charge in [0.05, 0.1) is 4.90 Å². The molecule has 1 N–H and O–H groups in total. The largest absolute Gasteiger partial charge is 0.340 e. The quantitative estimate of drug-likeness (QED) is 0.658. The number of benzene rings is 1. The Hall–Kier alpha value is -1.93. The van der Waals surface area contributed by atoms with E-state index >= 15 is 0 Å². The van der Waals surface area contributed by atoms with Gasteiger partial charge in [0, 0.05) is 31.7 Å². The molecular formula is C23H37N3O4S. The van der Waals surface area contributed by atoms with Crippen molar-refractivity contribution in [1.82, 2.24) is 14.5 Å². The number of rotatable bonds is 8. The Morgan fingerprint density at radius 1 is 1.13 bits per heavy atom. The van der Waals surface area contributed by atoms with E-state index in [1.807, 2.05) is 18.7 Å². The van der Waals surface area contributed by atoms with Gasteiger partial charge in [0.1, 0.15) is 6.04 Å². The van der Waals surface area contributed by atoms with E-state index in [1.54, 1.807) is 26.0 Å². The number of likely N-dealkylation sites (tertiary alicyclic amines) is 1. The zero-order chi connectivity index (χ0) is 23.3. The van der Waals surface area contributed by atoms with E-state index in [-0.39, 0.29) is 22.3 Å². The Bertz CT molecular complexity index is 871. The summed E-state index contributed by atoms with van der Waals surface area (Å²) in [4.78, 5) is 28.1. The minimum absolute atomic E-state index is 0.0753. The summed E-state index contributed by atoms with van der Waals surface area (Å²) in [5.41, 5.74) is 0.229. The van der Waals surface area contributed by atoms with Crippen LogP contribution in [0, 0.1) is 17.8 Å². The summed E-state index contributed by atoms with van der Waals surface area (Å²) in [7, 11) is -3.67. The van der Waals surface area contributed by atoms with Crippen molar-refractivity contribution in [2.24, 2.45) is 17.8 Å². The lowest BCUT2D eigenvalue weighted by Gasteiger charge is -2.37. The number of hydrogen-bond acceptors (Lipinski definition) is 4.